The standard InChI is InChI=1S/C17H13FN2O2/c18-13-6-2-1-4-11(13)7-9-19-14-10-15(21)12-5-3-8-20-16(12)17(14)22/h1-6,8-10,21-22H,7H2. The van der Waals surface area contributed by atoms with E-state index in [0.717, 1.165) is 0 Å². The summed E-state index contributed by atoms with van der Waals surface area (Å²) in [4.78, 5) is 8.15. The molecule has 0 bridgehead atoms. The molecule has 0 spiro atoms. The molecule has 0 aliphatic carbocycles. The number of hydrogen-bond donors (Lipinski definition) is 2. The van der Waals surface area contributed by atoms with E-state index < -0.39 is 0 Å². The maximum atomic E-state index is 13.5. The summed E-state index contributed by atoms with van der Waals surface area (Å²) >= 11 is 0. The summed E-state index contributed by atoms with van der Waals surface area (Å²) in [7, 11) is 0. The summed E-state index contributed by atoms with van der Waals surface area (Å²) in [6.07, 6.45) is 3.29. The topological polar surface area (TPSA) is 65.7 Å². The van der Waals surface area contributed by atoms with E-state index >= 15 is 0 Å². The molecule has 0 saturated heterocycles. The van der Waals surface area contributed by atoms with E-state index in [9.17, 15) is 14.6 Å². The van der Waals surface area contributed by atoms with Crippen LogP contribution in [0.15, 0.2) is 53.7 Å². The summed E-state index contributed by atoms with van der Waals surface area (Å²) in [5.74, 6) is -0.432. The van der Waals surface area contributed by atoms with Gasteiger partial charge in [-0.25, -0.2) is 4.39 Å². The Bertz CT molecular complexity index is 862. The average Bonchev–Trinajstić information content (AvgIpc) is 2.54. The van der Waals surface area contributed by atoms with Gasteiger partial charge in [0.15, 0.2) is 5.75 Å². The van der Waals surface area contributed by atoms with Crippen LogP contribution in [0.2, 0.25) is 0 Å². The molecular weight excluding hydrogens is 283 g/mol. The summed E-state index contributed by atoms with van der Waals surface area (Å²) in [5, 5.41) is 20.6. The van der Waals surface area contributed by atoms with Gasteiger partial charge in [0.05, 0.1) is 0 Å². The first-order valence-corrected chi connectivity index (χ1v) is 6.72. The highest BCUT2D eigenvalue weighted by Crippen LogP contribution is 2.38. The van der Waals surface area contributed by atoms with Gasteiger partial charge in [-0.05, 0) is 23.8 Å². The predicted molar refractivity (Wildman–Crippen MR) is 83.3 cm³/mol. The third kappa shape index (κ3) is 2.61. The molecule has 0 amide bonds. The second-order valence-corrected chi connectivity index (χ2v) is 4.77. The predicted octanol–water partition coefficient (Wildman–Crippen LogP) is 3.73. The minimum Gasteiger partial charge on any atom is -0.507 e. The second kappa shape index (κ2) is 5.81. The first kappa shape index (κ1) is 14.0. The molecule has 0 fully saturated rings. The SMILES string of the molecule is Oc1cc(N=CCc2ccccc2F)c(O)c2ncccc12. The van der Waals surface area contributed by atoms with Gasteiger partial charge in [-0.2, -0.15) is 0 Å². The number of pyridine rings is 1. The summed E-state index contributed by atoms with van der Waals surface area (Å²) in [6.45, 7) is 0. The van der Waals surface area contributed by atoms with Gasteiger partial charge in [0.1, 0.15) is 22.8 Å². The number of hydrogen-bond acceptors (Lipinski definition) is 4. The minimum absolute atomic E-state index is 0.0149. The Morgan fingerprint density at radius 3 is 2.77 bits per heavy atom. The fourth-order valence-corrected chi connectivity index (χ4v) is 2.20. The first-order valence-electron chi connectivity index (χ1n) is 6.72. The first-order chi connectivity index (χ1) is 10.7. The number of rotatable bonds is 3. The lowest BCUT2D eigenvalue weighted by molar-refractivity contribution is 0.470. The smallest absolute Gasteiger partial charge is 0.168 e. The molecule has 1 heterocycles. The van der Waals surface area contributed by atoms with Crippen molar-refractivity contribution in [1.82, 2.24) is 4.98 Å². The van der Waals surface area contributed by atoms with Crippen molar-refractivity contribution in [1.29, 1.82) is 0 Å². The number of aliphatic imine (C=N–C) groups is 1. The van der Waals surface area contributed by atoms with E-state index in [1.54, 1.807) is 30.3 Å². The van der Waals surface area contributed by atoms with E-state index in [4.69, 9.17) is 0 Å². The van der Waals surface area contributed by atoms with Gasteiger partial charge in [-0.1, -0.05) is 18.2 Å². The molecule has 110 valence electrons. The summed E-state index contributed by atoms with van der Waals surface area (Å²) in [6, 6.07) is 11.1. The van der Waals surface area contributed by atoms with E-state index in [2.05, 4.69) is 9.98 Å². The lowest BCUT2D eigenvalue weighted by atomic mass is 10.1. The van der Waals surface area contributed by atoms with Crippen LogP contribution < -0.4 is 0 Å². The summed E-state index contributed by atoms with van der Waals surface area (Å²) < 4.78 is 13.5. The molecule has 0 aliphatic heterocycles. The van der Waals surface area contributed by atoms with E-state index in [0.29, 0.717) is 10.9 Å². The number of fused-ring (bicyclic) bond motifs is 1. The van der Waals surface area contributed by atoms with Crippen molar-refractivity contribution in [2.45, 2.75) is 6.42 Å². The largest absolute Gasteiger partial charge is 0.507 e. The molecule has 0 aliphatic rings. The number of aromatic nitrogens is 1. The van der Waals surface area contributed by atoms with Crippen molar-refractivity contribution in [3.05, 3.63) is 60.0 Å². The molecule has 2 N–H and O–H groups in total. The quantitative estimate of drug-likeness (QED) is 0.571. The van der Waals surface area contributed by atoms with Crippen LogP contribution in [0.5, 0.6) is 11.5 Å². The Balaban J connectivity index is 1.93. The molecule has 4 nitrogen and oxygen atoms in total. The summed E-state index contributed by atoms with van der Waals surface area (Å²) in [5.41, 5.74) is 0.981. The van der Waals surface area contributed by atoms with Crippen LogP contribution in [0.4, 0.5) is 10.1 Å². The highest BCUT2D eigenvalue weighted by molar-refractivity contribution is 5.94. The fourth-order valence-electron chi connectivity index (χ4n) is 2.20. The molecule has 1 aromatic heterocycles. The molecule has 22 heavy (non-hydrogen) atoms. The maximum absolute atomic E-state index is 13.5. The third-order valence-corrected chi connectivity index (χ3v) is 3.32. The lowest BCUT2D eigenvalue weighted by Crippen LogP contribution is -1.90. The number of aromatic hydroxyl groups is 2. The van der Waals surface area contributed by atoms with Crippen LogP contribution in [0, 0.1) is 5.82 Å². The Morgan fingerprint density at radius 1 is 1.14 bits per heavy atom. The minimum atomic E-state index is -0.304. The van der Waals surface area contributed by atoms with Gasteiger partial charge < -0.3 is 10.2 Å². The molecule has 0 unspecified atom stereocenters. The number of phenolic OH excluding ortho intramolecular Hbond substituents is 2. The van der Waals surface area contributed by atoms with Crippen molar-refractivity contribution in [2.75, 3.05) is 0 Å². The monoisotopic (exact) mass is 296 g/mol. The molecular formula is C17H13FN2O2. The maximum Gasteiger partial charge on any atom is 0.168 e. The van der Waals surface area contributed by atoms with Gasteiger partial charge in [-0.15, -0.1) is 0 Å². The van der Waals surface area contributed by atoms with Crippen LogP contribution in [-0.2, 0) is 6.42 Å². The second-order valence-electron chi connectivity index (χ2n) is 4.77. The zero-order valence-electron chi connectivity index (χ0n) is 11.6. The Hall–Kier alpha value is -2.95. The van der Waals surface area contributed by atoms with Gasteiger partial charge in [0.2, 0.25) is 0 Å². The highest BCUT2D eigenvalue weighted by atomic mass is 19.1. The fraction of sp³-hybridized carbons (Fsp3) is 0.0588. The number of halogens is 1. The lowest BCUT2D eigenvalue weighted by Gasteiger charge is -2.05. The van der Waals surface area contributed by atoms with Crippen LogP contribution >= 0.6 is 0 Å². The highest BCUT2D eigenvalue weighted by Gasteiger charge is 2.10. The van der Waals surface area contributed by atoms with Crippen LogP contribution in [0.3, 0.4) is 0 Å². The number of phenols is 2. The molecule has 2 aromatic carbocycles. The number of nitrogens with zero attached hydrogens (tertiary/aromatic N) is 2. The Morgan fingerprint density at radius 2 is 1.95 bits per heavy atom. The van der Waals surface area contributed by atoms with E-state index in [-0.39, 0.29) is 34.9 Å². The third-order valence-electron chi connectivity index (χ3n) is 3.32. The molecule has 5 heteroatoms. The van der Waals surface area contributed by atoms with Gasteiger partial charge >= 0.3 is 0 Å². The van der Waals surface area contributed by atoms with Gasteiger partial charge in [0, 0.05) is 30.3 Å². The molecule has 0 radical (unpaired) electrons. The van der Waals surface area contributed by atoms with Crippen LogP contribution in [0.25, 0.3) is 10.9 Å². The normalized spacial score (nSPS) is 11.3. The average molecular weight is 296 g/mol. The van der Waals surface area contributed by atoms with E-state index in [1.165, 1.54) is 24.5 Å². The molecule has 0 saturated carbocycles. The van der Waals surface area contributed by atoms with Gasteiger partial charge in [-0.3, -0.25) is 9.98 Å². The van der Waals surface area contributed by atoms with Crippen molar-refractivity contribution >= 4 is 22.8 Å². The molecule has 3 rings (SSSR count). The Kier molecular flexibility index (Phi) is 3.70. The number of benzene rings is 2. The van der Waals surface area contributed by atoms with Crippen molar-refractivity contribution < 1.29 is 14.6 Å². The van der Waals surface area contributed by atoms with E-state index in [1.807, 2.05) is 0 Å². The zero-order valence-corrected chi connectivity index (χ0v) is 11.6. The zero-order chi connectivity index (χ0) is 15.5. The van der Waals surface area contributed by atoms with Crippen LogP contribution in [-0.4, -0.2) is 21.4 Å². The van der Waals surface area contributed by atoms with Crippen LogP contribution in [0.1, 0.15) is 5.56 Å². The van der Waals surface area contributed by atoms with Crippen molar-refractivity contribution in [3.63, 3.8) is 0 Å². The van der Waals surface area contributed by atoms with Crippen molar-refractivity contribution in [3.8, 4) is 11.5 Å². The van der Waals surface area contributed by atoms with Crippen molar-refractivity contribution in [2.24, 2.45) is 4.99 Å². The Labute approximate surface area is 126 Å². The van der Waals surface area contributed by atoms with Gasteiger partial charge in [0.25, 0.3) is 0 Å². The molecule has 3 aromatic rings. The molecule has 0 atom stereocenters.